The van der Waals surface area contributed by atoms with Gasteiger partial charge < -0.3 is 9.80 Å². The Morgan fingerprint density at radius 1 is 0.422 bits per heavy atom. The monoisotopic (exact) mass is 584 g/mol. The highest BCUT2D eigenvalue weighted by Gasteiger charge is 2.43. The molecule has 2 nitrogen and oxygen atoms in total. The lowest BCUT2D eigenvalue weighted by molar-refractivity contribution is 0.443. The van der Waals surface area contributed by atoms with Gasteiger partial charge in [0.15, 0.2) is 0 Å². The van der Waals surface area contributed by atoms with Gasteiger partial charge in [-0.25, -0.2) is 0 Å². The summed E-state index contributed by atoms with van der Waals surface area (Å²) in [7, 11) is 0. The van der Waals surface area contributed by atoms with Crippen molar-refractivity contribution in [2.75, 3.05) is 9.80 Å². The minimum absolute atomic E-state index is 0.195. The molecular formula is C42H41BN2. The Bertz CT molecular complexity index is 1830. The maximum Gasteiger partial charge on any atom is 0.252 e. The van der Waals surface area contributed by atoms with Crippen LogP contribution in [-0.4, -0.2) is 6.71 Å². The predicted molar refractivity (Wildman–Crippen MR) is 192 cm³/mol. The molecule has 2 aliphatic heterocycles. The highest BCUT2D eigenvalue weighted by Crippen LogP contribution is 2.47. The summed E-state index contributed by atoms with van der Waals surface area (Å²) >= 11 is 0. The molecule has 2 fully saturated rings. The first-order valence-electron chi connectivity index (χ1n) is 17.5. The Kier molecular flexibility index (Phi) is 6.80. The van der Waals surface area contributed by atoms with Crippen LogP contribution in [0.15, 0.2) is 115 Å². The lowest BCUT2D eigenvalue weighted by Gasteiger charge is -2.44. The Morgan fingerprint density at radius 2 is 0.889 bits per heavy atom. The largest absolute Gasteiger partial charge is 0.311 e. The predicted octanol–water partition coefficient (Wildman–Crippen LogP) is 9.86. The van der Waals surface area contributed by atoms with E-state index in [2.05, 4.69) is 125 Å². The average molecular weight is 585 g/mol. The van der Waals surface area contributed by atoms with Crippen molar-refractivity contribution < 1.29 is 0 Å². The number of anilines is 6. The number of benzene rings is 5. The molecule has 0 amide bonds. The fourth-order valence-electron chi connectivity index (χ4n) is 9.06. The first-order valence-corrected chi connectivity index (χ1v) is 17.5. The Morgan fingerprint density at radius 3 is 1.44 bits per heavy atom. The zero-order valence-corrected chi connectivity index (χ0v) is 26.2. The molecule has 0 atom stereocenters. The van der Waals surface area contributed by atoms with Gasteiger partial charge in [0.1, 0.15) is 0 Å². The summed E-state index contributed by atoms with van der Waals surface area (Å²) in [6.07, 6.45) is 13.4. The average Bonchev–Trinajstić information content (AvgIpc) is 3.12. The molecule has 5 aromatic carbocycles. The summed E-state index contributed by atoms with van der Waals surface area (Å²) < 4.78 is 0. The smallest absolute Gasteiger partial charge is 0.252 e. The number of rotatable bonds is 4. The van der Waals surface area contributed by atoms with Crippen LogP contribution in [0.2, 0.25) is 0 Å². The van der Waals surface area contributed by atoms with Crippen LogP contribution in [0.25, 0.3) is 0 Å². The van der Waals surface area contributed by atoms with Gasteiger partial charge in [-0.05, 0) is 114 Å². The van der Waals surface area contributed by atoms with Crippen LogP contribution < -0.4 is 26.2 Å². The summed E-state index contributed by atoms with van der Waals surface area (Å²) in [5.74, 6) is 1.32. The lowest BCUT2D eigenvalue weighted by atomic mass is 9.33. The van der Waals surface area contributed by atoms with Crippen LogP contribution in [0.5, 0.6) is 0 Å². The first-order chi connectivity index (χ1) is 22.3. The maximum atomic E-state index is 2.60. The van der Waals surface area contributed by atoms with Gasteiger partial charge in [-0.3, -0.25) is 0 Å². The van der Waals surface area contributed by atoms with Crippen molar-refractivity contribution in [1.29, 1.82) is 0 Å². The Balaban J connectivity index is 1.29. The lowest BCUT2D eigenvalue weighted by Crippen LogP contribution is -2.61. The fraction of sp³-hybridized carbons (Fsp3) is 0.286. The molecule has 3 heteroatoms. The highest BCUT2D eigenvalue weighted by atomic mass is 15.2. The van der Waals surface area contributed by atoms with Crippen molar-refractivity contribution in [3.63, 3.8) is 0 Å². The normalized spacial score (nSPS) is 17.9. The zero-order chi connectivity index (χ0) is 29.7. The molecule has 0 bridgehead atoms. The van der Waals surface area contributed by atoms with Gasteiger partial charge in [0.25, 0.3) is 6.71 Å². The third kappa shape index (κ3) is 4.54. The summed E-state index contributed by atoms with van der Waals surface area (Å²) in [5.41, 5.74) is 15.1. The molecular weight excluding hydrogens is 543 g/mol. The third-order valence-electron chi connectivity index (χ3n) is 11.2. The molecule has 5 aromatic rings. The molecule has 2 saturated carbocycles. The molecule has 0 unspecified atom stereocenters. The van der Waals surface area contributed by atoms with Gasteiger partial charge in [0.05, 0.1) is 0 Å². The summed E-state index contributed by atoms with van der Waals surface area (Å²) in [6.45, 7) is 0.195. The number of hydrogen-bond acceptors (Lipinski definition) is 2. The van der Waals surface area contributed by atoms with Gasteiger partial charge in [-0.15, -0.1) is 0 Å². The van der Waals surface area contributed by atoms with Crippen molar-refractivity contribution in [1.82, 2.24) is 0 Å². The number of nitrogens with zero attached hydrogens (tertiary/aromatic N) is 2. The topological polar surface area (TPSA) is 6.48 Å². The van der Waals surface area contributed by atoms with Crippen LogP contribution in [0.1, 0.15) is 87.2 Å². The van der Waals surface area contributed by atoms with E-state index in [1.807, 2.05) is 0 Å². The minimum atomic E-state index is 0.195. The van der Waals surface area contributed by atoms with E-state index in [1.54, 1.807) is 0 Å². The molecule has 2 heterocycles. The number of hydrogen-bond donors (Lipinski definition) is 0. The van der Waals surface area contributed by atoms with Crippen LogP contribution >= 0.6 is 0 Å². The van der Waals surface area contributed by atoms with Crippen LogP contribution in [0.4, 0.5) is 34.1 Å². The van der Waals surface area contributed by atoms with Crippen molar-refractivity contribution >= 4 is 57.2 Å². The summed E-state index contributed by atoms with van der Waals surface area (Å²) in [4.78, 5) is 5.15. The van der Waals surface area contributed by atoms with Crippen molar-refractivity contribution in [2.24, 2.45) is 0 Å². The maximum absolute atomic E-state index is 2.60. The van der Waals surface area contributed by atoms with E-state index >= 15 is 0 Å². The van der Waals surface area contributed by atoms with Crippen LogP contribution in [0.3, 0.4) is 0 Å². The van der Waals surface area contributed by atoms with Crippen molar-refractivity contribution in [3.8, 4) is 0 Å². The molecule has 45 heavy (non-hydrogen) atoms. The molecule has 222 valence electrons. The summed E-state index contributed by atoms with van der Waals surface area (Å²) in [5, 5.41) is 0. The number of para-hydroxylation sites is 3. The van der Waals surface area contributed by atoms with E-state index in [1.165, 1.54) is 126 Å². The highest BCUT2D eigenvalue weighted by molar-refractivity contribution is 7.00. The molecule has 2 aliphatic carbocycles. The van der Waals surface area contributed by atoms with Crippen LogP contribution in [0, 0.1) is 0 Å². The second kappa shape index (κ2) is 11.3. The van der Waals surface area contributed by atoms with Crippen LogP contribution in [-0.2, 0) is 0 Å². The van der Waals surface area contributed by atoms with E-state index in [0.717, 1.165) is 0 Å². The molecule has 0 saturated heterocycles. The third-order valence-corrected chi connectivity index (χ3v) is 11.2. The molecule has 4 aliphatic rings. The fourth-order valence-corrected chi connectivity index (χ4v) is 9.06. The van der Waals surface area contributed by atoms with E-state index in [9.17, 15) is 0 Å². The van der Waals surface area contributed by atoms with Gasteiger partial charge in [0.2, 0.25) is 0 Å². The minimum Gasteiger partial charge on any atom is -0.311 e. The van der Waals surface area contributed by atoms with E-state index in [4.69, 9.17) is 0 Å². The standard InChI is InChI=1S/C42H41BN2/c1-4-14-30(15-5-1)32-24-26-35(27-25-32)45-39-23-13-11-21-37(39)43-36-20-10-12-22-38(36)44(34-18-8-3-9-19-34)40-28-33(29-41(45)42(40)43)31-16-6-2-7-17-31/h3,8-13,18-31H,1-2,4-7,14-17H2. The Hall–Kier alpha value is -4.24. The molecule has 0 spiro atoms. The molecule has 0 radical (unpaired) electrons. The molecule has 0 aromatic heterocycles. The van der Waals surface area contributed by atoms with Gasteiger partial charge >= 0.3 is 0 Å². The van der Waals surface area contributed by atoms with Gasteiger partial charge in [-0.1, -0.05) is 105 Å². The Labute approximate surface area is 268 Å². The molecule has 9 rings (SSSR count). The van der Waals surface area contributed by atoms with E-state index in [0.29, 0.717) is 11.8 Å². The second-order valence-electron chi connectivity index (χ2n) is 13.8. The second-order valence-corrected chi connectivity index (χ2v) is 13.8. The number of fused-ring (bicyclic) bond motifs is 4. The molecule has 0 N–H and O–H groups in total. The van der Waals surface area contributed by atoms with Gasteiger partial charge in [0, 0.05) is 34.1 Å². The van der Waals surface area contributed by atoms with Crippen molar-refractivity contribution in [3.05, 3.63) is 126 Å². The van der Waals surface area contributed by atoms with E-state index in [-0.39, 0.29) is 6.71 Å². The quantitative estimate of drug-likeness (QED) is 0.190. The van der Waals surface area contributed by atoms with E-state index < -0.39 is 0 Å². The first kappa shape index (κ1) is 27.1. The summed E-state index contributed by atoms with van der Waals surface area (Å²) in [6, 6.07) is 44.2. The zero-order valence-electron chi connectivity index (χ0n) is 26.2. The SMILES string of the molecule is c1ccc(N2c3ccccc3B3c4ccccc4N(c4ccc(C5CCCCC5)cc4)c4cc(C5CCCCC5)cc2c43)cc1. The van der Waals surface area contributed by atoms with Gasteiger partial charge in [-0.2, -0.15) is 0 Å². The van der Waals surface area contributed by atoms with Crippen molar-refractivity contribution in [2.45, 2.75) is 76.0 Å².